The molecule has 75 heavy (non-hydrogen) atoms. The molecule has 4 nitrogen and oxygen atoms in total. The van der Waals surface area contributed by atoms with Gasteiger partial charge < -0.3 is 18.9 Å². The van der Waals surface area contributed by atoms with E-state index in [1.165, 1.54) is 111 Å². The standard InChI is InChI=1S/C70H51BN4/c1-70(2,3)50-44-67-69-68(45-50)75(66-37-21-19-35-64(66)73-59-32-16-12-28-53(59)54-29-13-17-33-60(54)73)62-41-39-49(47-24-8-5-9-25-47)43-56(62)71(69)55-42-48(46-22-6-4-7-23-46)38-40-61(55)74(67)65-36-20-18-34-63(65)72-57-30-14-10-26-51(57)52-27-11-15-31-58(52)72/h4-45H,1-3H3. The Morgan fingerprint density at radius 2 is 0.613 bits per heavy atom. The first-order valence-corrected chi connectivity index (χ1v) is 26.2. The fraction of sp³-hybridized carbons (Fsp3) is 0.0571. The normalized spacial score (nSPS) is 12.9. The zero-order chi connectivity index (χ0) is 49.9. The van der Waals surface area contributed by atoms with E-state index in [9.17, 15) is 0 Å². The second-order valence-electron chi connectivity index (χ2n) is 21.3. The molecule has 5 heteroatoms. The van der Waals surface area contributed by atoms with Crippen molar-refractivity contribution in [3.8, 4) is 33.6 Å². The minimum Gasteiger partial charge on any atom is -0.309 e. The van der Waals surface area contributed by atoms with E-state index in [-0.39, 0.29) is 12.1 Å². The van der Waals surface area contributed by atoms with Crippen LogP contribution in [0.15, 0.2) is 255 Å². The summed E-state index contributed by atoms with van der Waals surface area (Å²) in [4.78, 5) is 5.22. The second kappa shape index (κ2) is 16.6. The van der Waals surface area contributed by atoms with Crippen molar-refractivity contribution in [3.05, 3.63) is 260 Å². The predicted molar refractivity (Wildman–Crippen MR) is 319 cm³/mol. The van der Waals surface area contributed by atoms with Gasteiger partial charge in [-0.25, -0.2) is 0 Å². The van der Waals surface area contributed by atoms with Gasteiger partial charge in [0.2, 0.25) is 0 Å². The van der Waals surface area contributed by atoms with Gasteiger partial charge in [-0.15, -0.1) is 0 Å². The summed E-state index contributed by atoms with van der Waals surface area (Å²) in [7, 11) is 0. The number of para-hydroxylation sites is 8. The Kier molecular flexibility index (Phi) is 9.58. The second-order valence-corrected chi connectivity index (χ2v) is 21.3. The van der Waals surface area contributed by atoms with E-state index in [0.717, 1.165) is 22.7 Å². The van der Waals surface area contributed by atoms with E-state index in [2.05, 4.69) is 294 Å². The first-order chi connectivity index (χ1) is 36.9. The highest BCUT2D eigenvalue weighted by Crippen LogP contribution is 2.50. The Hall–Kier alpha value is -9.32. The van der Waals surface area contributed by atoms with Gasteiger partial charge in [0, 0.05) is 44.3 Å². The smallest absolute Gasteiger partial charge is 0.252 e. The molecule has 2 aliphatic rings. The van der Waals surface area contributed by atoms with E-state index in [1.807, 2.05) is 0 Å². The van der Waals surface area contributed by atoms with Gasteiger partial charge in [-0.1, -0.05) is 203 Å². The molecule has 2 aromatic heterocycles. The highest BCUT2D eigenvalue weighted by molar-refractivity contribution is 7.00. The molecule has 0 aliphatic carbocycles. The van der Waals surface area contributed by atoms with Gasteiger partial charge in [0.05, 0.1) is 44.8 Å². The van der Waals surface area contributed by atoms with Crippen molar-refractivity contribution in [2.45, 2.75) is 26.2 Å². The molecule has 0 amide bonds. The summed E-state index contributed by atoms with van der Waals surface area (Å²) < 4.78 is 4.97. The fourth-order valence-electron chi connectivity index (χ4n) is 12.6. The first-order valence-electron chi connectivity index (χ1n) is 26.2. The number of rotatable bonds is 6. The molecule has 0 atom stereocenters. The van der Waals surface area contributed by atoms with Crippen LogP contribution in [0.25, 0.3) is 77.2 Å². The van der Waals surface area contributed by atoms with Gasteiger partial charge >= 0.3 is 0 Å². The molecule has 11 aromatic carbocycles. The summed E-state index contributed by atoms with van der Waals surface area (Å²) in [5.74, 6) is 0. The van der Waals surface area contributed by atoms with Crippen molar-refractivity contribution in [3.63, 3.8) is 0 Å². The molecule has 0 fully saturated rings. The lowest BCUT2D eigenvalue weighted by Gasteiger charge is -2.46. The molecule has 354 valence electrons. The Morgan fingerprint density at radius 1 is 0.280 bits per heavy atom. The quantitative estimate of drug-likeness (QED) is 0.154. The van der Waals surface area contributed by atoms with Gasteiger partial charge in [-0.3, -0.25) is 0 Å². The van der Waals surface area contributed by atoms with Crippen molar-refractivity contribution in [2.75, 3.05) is 9.80 Å². The topological polar surface area (TPSA) is 16.3 Å². The van der Waals surface area contributed by atoms with Crippen LogP contribution in [0.4, 0.5) is 34.1 Å². The third-order valence-corrected chi connectivity index (χ3v) is 16.0. The third-order valence-electron chi connectivity index (χ3n) is 16.0. The Bertz CT molecular complexity index is 4050. The predicted octanol–water partition coefficient (Wildman–Crippen LogP) is 16.6. The minimum absolute atomic E-state index is 0.116. The molecule has 4 heterocycles. The van der Waals surface area contributed by atoms with Crippen LogP contribution >= 0.6 is 0 Å². The molecular formula is C70H51BN4. The van der Waals surface area contributed by atoms with Gasteiger partial charge in [0.25, 0.3) is 6.71 Å². The zero-order valence-electron chi connectivity index (χ0n) is 42.1. The molecule has 0 spiro atoms. The maximum Gasteiger partial charge on any atom is 0.252 e. The monoisotopic (exact) mass is 958 g/mol. The maximum atomic E-state index is 2.61. The summed E-state index contributed by atoms with van der Waals surface area (Å²) in [5, 5.41) is 4.96. The number of hydrogen-bond acceptors (Lipinski definition) is 2. The van der Waals surface area contributed by atoms with Crippen molar-refractivity contribution >= 4 is 101 Å². The summed E-state index contributed by atoms with van der Waals surface area (Å²) >= 11 is 0. The molecule has 0 bridgehead atoms. The molecule has 0 saturated heterocycles. The highest BCUT2D eigenvalue weighted by atomic mass is 15.2. The van der Waals surface area contributed by atoms with E-state index < -0.39 is 0 Å². The van der Waals surface area contributed by atoms with Gasteiger partial charge in [-0.05, 0) is 122 Å². The summed E-state index contributed by atoms with van der Waals surface area (Å²) in [6.45, 7) is 6.96. The lowest BCUT2D eigenvalue weighted by molar-refractivity contribution is 0.590. The van der Waals surface area contributed by atoms with Gasteiger partial charge in [0.1, 0.15) is 0 Å². The maximum absolute atomic E-state index is 2.61. The molecular weight excluding hydrogens is 908 g/mol. The molecule has 15 rings (SSSR count). The van der Waals surface area contributed by atoms with Crippen LogP contribution in [0.5, 0.6) is 0 Å². The van der Waals surface area contributed by atoms with Crippen LogP contribution < -0.4 is 26.2 Å². The van der Waals surface area contributed by atoms with Crippen LogP contribution in [-0.4, -0.2) is 15.8 Å². The molecule has 0 saturated carbocycles. The average molecular weight is 959 g/mol. The SMILES string of the molecule is CC(C)(C)c1cc2c3c(c1)N(c1ccccc1-n1c4ccccc4c4ccccc41)c1ccc(-c4ccccc4)cc1B3c1cc(-c3ccccc3)ccc1N2c1ccccc1-n1c2ccccc2c2ccccc21. The Morgan fingerprint density at radius 3 is 0.987 bits per heavy atom. The summed E-state index contributed by atoms with van der Waals surface area (Å²) in [6, 6.07) is 94.9. The van der Waals surface area contributed by atoms with Crippen molar-refractivity contribution < 1.29 is 0 Å². The lowest BCUT2D eigenvalue weighted by Crippen LogP contribution is -2.61. The van der Waals surface area contributed by atoms with E-state index >= 15 is 0 Å². The van der Waals surface area contributed by atoms with Crippen molar-refractivity contribution in [1.29, 1.82) is 0 Å². The van der Waals surface area contributed by atoms with Crippen molar-refractivity contribution in [1.82, 2.24) is 9.13 Å². The zero-order valence-corrected chi connectivity index (χ0v) is 42.1. The average Bonchev–Trinajstić information content (AvgIpc) is 3.99. The molecule has 0 unspecified atom stereocenters. The molecule has 0 radical (unpaired) electrons. The number of hydrogen-bond donors (Lipinski definition) is 0. The molecule has 0 N–H and O–H groups in total. The van der Waals surface area contributed by atoms with Crippen LogP contribution in [0.2, 0.25) is 0 Å². The molecule has 13 aromatic rings. The lowest BCUT2D eigenvalue weighted by atomic mass is 9.33. The fourth-order valence-corrected chi connectivity index (χ4v) is 12.6. The largest absolute Gasteiger partial charge is 0.309 e. The number of aromatic nitrogens is 2. The van der Waals surface area contributed by atoms with Gasteiger partial charge in [-0.2, -0.15) is 0 Å². The number of benzene rings is 11. The van der Waals surface area contributed by atoms with E-state index in [1.54, 1.807) is 0 Å². The Labute approximate surface area is 437 Å². The molecule has 2 aliphatic heterocycles. The van der Waals surface area contributed by atoms with Gasteiger partial charge in [0.15, 0.2) is 0 Å². The van der Waals surface area contributed by atoms with Crippen LogP contribution in [0, 0.1) is 0 Å². The van der Waals surface area contributed by atoms with Crippen LogP contribution in [0.3, 0.4) is 0 Å². The summed E-state index contributed by atoms with van der Waals surface area (Å²) in [5.41, 5.74) is 23.6. The van der Waals surface area contributed by atoms with E-state index in [4.69, 9.17) is 0 Å². The number of nitrogens with zero attached hydrogens (tertiary/aromatic N) is 4. The van der Waals surface area contributed by atoms with E-state index in [0.29, 0.717) is 0 Å². The van der Waals surface area contributed by atoms with Crippen molar-refractivity contribution in [2.24, 2.45) is 0 Å². The summed E-state index contributed by atoms with van der Waals surface area (Å²) in [6.07, 6.45) is 0. The van der Waals surface area contributed by atoms with Crippen LogP contribution in [-0.2, 0) is 5.41 Å². The number of fused-ring (bicyclic) bond motifs is 10. The minimum atomic E-state index is -0.202. The Balaban J connectivity index is 1.08. The van der Waals surface area contributed by atoms with Crippen LogP contribution in [0.1, 0.15) is 26.3 Å². The highest BCUT2D eigenvalue weighted by Gasteiger charge is 2.45. The number of anilines is 6. The first kappa shape index (κ1) is 43.3. The third kappa shape index (κ3) is 6.57.